The number of hydrogen-bond donors (Lipinski definition) is 1. The summed E-state index contributed by atoms with van der Waals surface area (Å²) in [4.78, 5) is 30.1. The monoisotopic (exact) mass is 450 g/mol. The van der Waals surface area contributed by atoms with Gasteiger partial charge in [-0.15, -0.1) is 10.2 Å². The SMILES string of the molecule is CCCn1c(=O)c2ccccc2n2c(SC(C(=O)NCc3cccnc3)C(C)C)nnc12. The van der Waals surface area contributed by atoms with Crippen molar-refractivity contribution in [1.82, 2.24) is 29.5 Å². The van der Waals surface area contributed by atoms with Crippen LogP contribution in [0.4, 0.5) is 0 Å². The fraction of sp³-hybridized carbons (Fsp3) is 0.348. The highest BCUT2D eigenvalue weighted by atomic mass is 32.2. The van der Waals surface area contributed by atoms with Gasteiger partial charge in [0.05, 0.1) is 16.2 Å². The Morgan fingerprint density at radius 1 is 1.16 bits per heavy atom. The quantitative estimate of drug-likeness (QED) is 0.414. The van der Waals surface area contributed by atoms with Gasteiger partial charge in [-0.05, 0) is 36.1 Å². The van der Waals surface area contributed by atoms with Gasteiger partial charge in [0.2, 0.25) is 11.7 Å². The number of carbonyl (C=O) groups excluding carboxylic acids is 1. The first-order valence-corrected chi connectivity index (χ1v) is 11.6. The van der Waals surface area contributed by atoms with Crippen molar-refractivity contribution >= 4 is 34.3 Å². The van der Waals surface area contributed by atoms with E-state index in [-0.39, 0.29) is 22.6 Å². The molecule has 1 atom stereocenters. The van der Waals surface area contributed by atoms with Crippen molar-refractivity contribution in [1.29, 1.82) is 0 Å². The highest BCUT2D eigenvalue weighted by Crippen LogP contribution is 2.29. The number of rotatable bonds is 8. The molecule has 8 nitrogen and oxygen atoms in total. The standard InChI is InChI=1S/C23H26N6O2S/c1-4-12-28-21(31)17-9-5-6-10-18(17)29-22(28)26-27-23(29)32-19(15(2)3)20(30)25-14-16-8-7-11-24-13-16/h5-11,13,15,19H,4,12,14H2,1-3H3,(H,25,30). The number of benzene rings is 1. The lowest BCUT2D eigenvalue weighted by molar-refractivity contribution is -0.121. The number of thioether (sulfide) groups is 1. The summed E-state index contributed by atoms with van der Waals surface area (Å²) in [5, 5.41) is 12.5. The van der Waals surface area contributed by atoms with E-state index in [0.29, 0.717) is 29.4 Å². The second-order valence-electron chi connectivity index (χ2n) is 7.95. The number of aryl methyl sites for hydroxylation is 1. The second-order valence-corrected chi connectivity index (χ2v) is 9.06. The average molecular weight is 451 g/mol. The van der Waals surface area contributed by atoms with Gasteiger partial charge >= 0.3 is 0 Å². The summed E-state index contributed by atoms with van der Waals surface area (Å²) >= 11 is 1.37. The predicted octanol–water partition coefficient (Wildman–Crippen LogP) is 3.28. The zero-order valence-corrected chi connectivity index (χ0v) is 19.2. The van der Waals surface area contributed by atoms with Crippen molar-refractivity contribution < 1.29 is 4.79 Å². The highest BCUT2D eigenvalue weighted by molar-refractivity contribution is 8.00. The van der Waals surface area contributed by atoms with Crippen LogP contribution in [0.3, 0.4) is 0 Å². The summed E-state index contributed by atoms with van der Waals surface area (Å²) in [5.74, 6) is 0.488. The highest BCUT2D eigenvalue weighted by Gasteiger charge is 2.27. The minimum Gasteiger partial charge on any atom is -0.351 e. The van der Waals surface area contributed by atoms with Gasteiger partial charge in [-0.1, -0.05) is 50.7 Å². The maximum absolute atomic E-state index is 13.0. The van der Waals surface area contributed by atoms with E-state index in [1.165, 1.54) is 11.8 Å². The molecule has 0 radical (unpaired) electrons. The molecule has 1 aromatic carbocycles. The molecule has 0 aliphatic rings. The van der Waals surface area contributed by atoms with Crippen LogP contribution in [0, 0.1) is 5.92 Å². The number of para-hydroxylation sites is 1. The second kappa shape index (κ2) is 9.52. The molecule has 4 rings (SSSR count). The maximum atomic E-state index is 13.0. The first-order valence-electron chi connectivity index (χ1n) is 10.7. The number of carbonyl (C=O) groups is 1. The van der Waals surface area contributed by atoms with Crippen LogP contribution in [0.15, 0.2) is 58.7 Å². The van der Waals surface area contributed by atoms with Gasteiger partial charge in [0.15, 0.2) is 5.16 Å². The molecule has 3 heterocycles. The zero-order chi connectivity index (χ0) is 22.7. The molecule has 3 aromatic heterocycles. The van der Waals surface area contributed by atoms with E-state index in [4.69, 9.17) is 0 Å². The molecule has 32 heavy (non-hydrogen) atoms. The third kappa shape index (κ3) is 4.25. The Kier molecular flexibility index (Phi) is 6.55. The van der Waals surface area contributed by atoms with Crippen molar-refractivity contribution in [3.8, 4) is 0 Å². The molecule has 0 spiro atoms. The van der Waals surface area contributed by atoms with Crippen LogP contribution in [-0.2, 0) is 17.9 Å². The normalized spacial score (nSPS) is 12.5. The smallest absolute Gasteiger partial charge is 0.262 e. The Labute approximate surface area is 190 Å². The predicted molar refractivity (Wildman–Crippen MR) is 126 cm³/mol. The van der Waals surface area contributed by atoms with Crippen molar-refractivity contribution in [2.24, 2.45) is 5.92 Å². The van der Waals surface area contributed by atoms with E-state index in [1.54, 1.807) is 17.0 Å². The van der Waals surface area contributed by atoms with Gasteiger partial charge in [0, 0.05) is 25.5 Å². The van der Waals surface area contributed by atoms with E-state index >= 15 is 0 Å². The van der Waals surface area contributed by atoms with E-state index in [1.807, 2.05) is 61.6 Å². The average Bonchev–Trinajstić information content (AvgIpc) is 3.23. The summed E-state index contributed by atoms with van der Waals surface area (Å²) in [6, 6.07) is 11.2. The third-order valence-electron chi connectivity index (χ3n) is 5.21. The van der Waals surface area contributed by atoms with E-state index in [0.717, 1.165) is 17.5 Å². The molecule has 0 saturated carbocycles. The molecule has 0 aliphatic heterocycles. The summed E-state index contributed by atoms with van der Waals surface area (Å²) in [5.41, 5.74) is 1.61. The molecule has 1 N–H and O–H groups in total. The van der Waals surface area contributed by atoms with E-state index in [2.05, 4.69) is 20.5 Å². The molecular weight excluding hydrogens is 424 g/mol. The summed E-state index contributed by atoms with van der Waals surface area (Å²) in [6.07, 6.45) is 4.24. The number of hydrogen-bond acceptors (Lipinski definition) is 6. The molecule has 1 amide bonds. The summed E-state index contributed by atoms with van der Waals surface area (Å²) < 4.78 is 3.55. The van der Waals surface area contributed by atoms with Gasteiger partial charge in [-0.25, -0.2) is 0 Å². The first-order chi connectivity index (χ1) is 15.5. The number of pyridine rings is 1. The Hall–Kier alpha value is -3.20. The molecule has 0 bridgehead atoms. The fourth-order valence-electron chi connectivity index (χ4n) is 3.63. The number of nitrogens with one attached hydrogen (secondary N) is 1. The van der Waals surface area contributed by atoms with Crippen LogP contribution < -0.4 is 10.9 Å². The van der Waals surface area contributed by atoms with Gasteiger partial charge in [-0.3, -0.25) is 23.5 Å². The minimum atomic E-state index is -0.371. The van der Waals surface area contributed by atoms with Crippen LogP contribution >= 0.6 is 11.8 Å². The molecule has 0 saturated heterocycles. The number of nitrogens with zero attached hydrogens (tertiary/aromatic N) is 5. The van der Waals surface area contributed by atoms with Crippen LogP contribution in [-0.4, -0.2) is 35.3 Å². The number of amides is 1. The molecular formula is C23H26N6O2S. The van der Waals surface area contributed by atoms with Gasteiger partial charge in [0.1, 0.15) is 0 Å². The lowest BCUT2D eigenvalue weighted by Gasteiger charge is -2.19. The van der Waals surface area contributed by atoms with Crippen LogP contribution in [0.2, 0.25) is 0 Å². The van der Waals surface area contributed by atoms with E-state index in [9.17, 15) is 9.59 Å². The van der Waals surface area contributed by atoms with Crippen molar-refractivity contribution in [2.75, 3.05) is 0 Å². The number of aromatic nitrogens is 5. The molecule has 0 fully saturated rings. The Bertz CT molecular complexity index is 1300. The summed E-state index contributed by atoms with van der Waals surface area (Å²) in [6.45, 7) is 7.00. The zero-order valence-electron chi connectivity index (χ0n) is 18.4. The Morgan fingerprint density at radius 2 is 1.97 bits per heavy atom. The molecule has 4 aromatic rings. The molecule has 9 heteroatoms. The first kappa shape index (κ1) is 22.0. The Morgan fingerprint density at radius 3 is 2.69 bits per heavy atom. The summed E-state index contributed by atoms with van der Waals surface area (Å²) in [7, 11) is 0. The number of fused-ring (bicyclic) bond motifs is 3. The van der Waals surface area contributed by atoms with Crippen molar-refractivity contribution in [3.63, 3.8) is 0 Å². The van der Waals surface area contributed by atoms with Gasteiger partial charge in [0.25, 0.3) is 5.56 Å². The molecule has 166 valence electrons. The van der Waals surface area contributed by atoms with Gasteiger partial charge < -0.3 is 5.32 Å². The third-order valence-corrected chi connectivity index (χ3v) is 6.70. The van der Waals surface area contributed by atoms with Crippen LogP contribution in [0.25, 0.3) is 16.7 Å². The van der Waals surface area contributed by atoms with Crippen molar-refractivity contribution in [2.45, 2.75) is 50.7 Å². The maximum Gasteiger partial charge on any atom is 0.262 e. The van der Waals surface area contributed by atoms with Crippen LogP contribution in [0.1, 0.15) is 32.8 Å². The van der Waals surface area contributed by atoms with Gasteiger partial charge in [-0.2, -0.15) is 0 Å². The largest absolute Gasteiger partial charge is 0.351 e. The minimum absolute atomic E-state index is 0.0639. The van der Waals surface area contributed by atoms with Crippen LogP contribution in [0.5, 0.6) is 0 Å². The lowest BCUT2D eigenvalue weighted by atomic mass is 10.1. The molecule has 1 unspecified atom stereocenters. The Balaban J connectivity index is 1.70. The van der Waals surface area contributed by atoms with Crippen molar-refractivity contribution in [3.05, 3.63) is 64.7 Å². The fourth-order valence-corrected chi connectivity index (χ4v) is 4.70. The topological polar surface area (TPSA) is 94.2 Å². The molecule has 0 aliphatic carbocycles. The lowest BCUT2D eigenvalue weighted by Crippen LogP contribution is -2.35. The van der Waals surface area contributed by atoms with E-state index < -0.39 is 0 Å².